The van der Waals surface area contributed by atoms with Gasteiger partial charge in [0.05, 0.1) is 5.69 Å². The number of hydrogen-bond acceptors (Lipinski definition) is 2. The first-order chi connectivity index (χ1) is 8.24. The molecule has 0 bridgehead atoms. The molecule has 0 aliphatic carbocycles. The highest BCUT2D eigenvalue weighted by molar-refractivity contribution is 5.47. The van der Waals surface area contributed by atoms with Crippen LogP contribution >= 0.6 is 0 Å². The third-order valence-corrected chi connectivity index (χ3v) is 2.54. The molecule has 0 radical (unpaired) electrons. The van der Waals surface area contributed by atoms with E-state index in [1.54, 1.807) is 31.5 Å². The molecule has 1 aromatic carbocycles. The van der Waals surface area contributed by atoms with Crippen molar-refractivity contribution in [1.29, 1.82) is 0 Å². The fraction of sp³-hybridized carbons (Fsp3) is 0.154. The second kappa shape index (κ2) is 4.82. The number of rotatable bonds is 4. The first-order valence-electron chi connectivity index (χ1n) is 5.37. The zero-order valence-corrected chi connectivity index (χ0v) is 9.65. The van der Waals surface area contributed by atoms with Gasteiger partial charge < -0.3 is 5.32 Å². The lowest BCUT2D eigenvalue weighted by atomic mass is 10.2. The van der Waals surface area contributed by atoms with Gasteiger partial charge in [-0.1, -0.05) is 12.1 Å². The average molecular weight is 231 g/mol. The number of halogens is 1. The molecule has 2 aromatic rings. The van der Waals surface area contributed by atoms with Crippen LogP contribution in [-0.2, 0) is 0 Å². The lowest BCUT2D eigenvalue weighted by Gasteiger charge is -2.11. The topological polar surface area (TPSA) is 29.9 Å². The molecule has 0 saturated heterocycles. The predicted molar refractivity (Wildman–Crippen MR) is 66.9 cm³/mol. The Balaban J connectivity index is 2.42. The van der Waals surface area contributed by atoms with E-state index in [-0.39, 0.29) is 5.82 Å². The van der Waals surface area contributed by atoms with Crippen LogP contribution in [0.2, 0.25) is 0 Å². The van der Waals surface area contributed by atoms with E-state index in [1.807, 2.05) is 10.6 Å². The van der Waals surface area contributed by atoms with Gasteiger partial charge in [-0.25, -0.2) is 9.37 Å². The van der Waals surface area contributed by atoms with Crippen LogP contribution in [0.25, 0.3) is 5.69 Å². The van der Waals surface area contributed by atoms with Crippen LogP contribution in [0.1, 0.15) is 5.56 Å². The van der Waals surface area contributed by atoms with Crippen molar-refractivity contribution in [1.82, 2.24) is 9.55 Å². The Morgan fingerprint density at radius 1 is 1.53 bits per heavy atom. The maximum Gasteiger partial charge on any atom is 0.207 e. The minimum Gasteiger partial charge on any atom is -0.352 e. The summed E-state index contributed by atoms with van der Waals surface area (Å²) in [4.78, 5) is 4.18. The Labute approximate surface area is 99.6 Å². The van der Waals surface area contributed by atoms with Crippen LogP contribution in [0.4, 0.5) is 10.3 Å². The number of anilines is 1. The molecule has 0 saturated carbocycles. The molecule has 2 rings (SSSR count). The van der Waals surface area contributed by atoms with Gasteiger partial charge in [0.1, 0.15) is 5.82 Å². The van der Waals surface area contributed by atoms with Crippen molar-refractivity contribution in [2.75, 3.05) is 11.9 Å². The summed E-state index contributed by atoms with van der Waals surface area (Å²) in [5.74, 6) is 0.462. The largest absolute Gasteiger partial charge is 0.352 e. The van der Waals surface area contributed by atoms with E-state index < -0.39 is 0 Å². The molecule has 0 unspecified atom stereocenters. The molecule has 0 aliphatic rings. The van der Waals surface area contributed by atoms with Crippen LogP contribution in [0.15, 0.2) is 43.2 Å². The standard InChI is InChI=1S/C13H14FN3/c1-3-7-15-13-16-8-9-17(13)12-6-4-5-11(14)10(12)2/h3-6,8-9H,1,7H2,2H3,(H,15,16). The van der Waals surface area contributed by atoms with Gasteiger partial charge in [0.2, 0.25) is 5.95 Å². The minimum absolute atomic E-state index is 0.217. The zero-order valence-electron chi connectivity index (χ0n) is 9.65. The summed E-state index contributed by atoms with van der Waals surface area (Å²) >= 11 is 0. The Morgan fingerprint density at radius 2 is 2.35 bits per heavy atom. The molecule has 0 amide bonds. The van der Waals surface area contributed by atoms with Gasteiger partial charge in [-0.05, 0) is 19.1 Å². The first kappa shape index (κ1) is 11.4. The summed E-state index contributed by atoms with van der Waals surface area (Å²) < 4.78 is 15.3. The lowest BCUT2D eigenvalue weighted by molar-refractivity contribution is 0.617. The maximum atomic E-state index is 13.5. The quantitative estimate of drug-likeness (QED) is 0.820. The van der Waals surface area contributed by atoms with Crippen molar-refractivity contribution in [3.05, 3.63) is 54.6 Å². The predicted octanol–water partition coefficient (Wildman–Crippen LogP) is 2.92. The van der Waals surface area contributed by atoms with Crippen LogP contribution in [0.3, 0.4) is 0 Å². The molecular formula is C13H14FN3. The smallest absolute Gasteiger partial charge is 0.207 e. The average Bonchev–Trinajstić information content (AvgIpc) is 2.78. The van der Waals surface area contributed by atoms with Crippen molar-refractivity contribution in [3.63, 3.8) is 0 Å². The Bertz CT molecular complexity index is 531. The van der Waals surface area contributed by atoms with Crippen molar-refractivity contribution in [3.8, 4) is 5.69 Å². The van der Waals surface area contributed by atoms with Crippen LogP contribution in [0, 0.1) is 12.7 Å². The van der Waals surface area contributed by atoms with Gasteiger partial charge in [-0.15, -0.1) is 6.58 Å². The molecule has 0 atom stereocenters. The highest BCUT2D eigenvalue weighted by Gasteiger charge is 2.08. The fourth-order valence-corrected chi connectivity index (χ4v) is 1.65. The maximum absolute atomic E-state index is 13.5. The number of nitrogens with zero attached hydrogens (tertiary/aromatic N) is 2. The van der Waals surface area contributed by atoms with Crippen molar-refractivity contribution < 1.29 is 4.39 Å². The summed E-state index contributed by atoms with van der Waals surface area (Å²) in [6.45, 7) is 6.00. The molecular weight excluding hydrogens is 217 g/mol. The summed E-state index contributed by atoms with van der Waals surface area (Å²) in [7, 11) is 0. The lowest BCUT2D eigenvalue weighted by Crippen LogP contribution is -2.07. The molecule has 1 N–H and O–H groups in total. The molecule has 88 valence electrons. The molecule has 0 fully saturated rings. The Kier molecular flexibility index (Phi) is 3.23. The van der Waals surface area contributed by atoms with Gasteiger partial charge in [0.25, 0.3) is 0 Å². The SMILES string of the molecule is C=CCNc1nccn1-c1cccc(F)c1C. The highest BCUT2D eigenvalue weighted by Crippen LogP contribution is 2.20. The zero-order chi connectivity index (χ0) is 12.3. The third kappa shape index (κ3) is 2.20. The van der Waals surface area contributed by atoms with E-state index in [1.165, 1.54) is 6.07 Å². The monoisotopic (exact) mass is 231 g/mol. The van der Waals surface area contributed by atoms with E-state index >= 15 is 0 Å². The Hall–Kier alpha value is -2.10. The van der Waals surface area contributed by atoms with Gasteiger partial charge in [0, 0.05) is 24.5 Å². The summed E-state index contributed by atoms with van der Waals surface area (Å²) in [6, 6.07) is 5.00. The molecule has 1 aromatic heterocycles. The van der Waals surface area contributed by atoms with Crippen molar-refractivity contribution >= 4 is 5.95 Å². The number of imidazole rings is 1. The normalized spacial score (nSPS) is 10.2. The van der Waals surface area contributed by atoms with Crippen molar-refractivity contribution in [2.24, 2.45) is 0 Å². The van der Waals surface area contributed by atoms with Gasteiger partial charge in [0.15, 0.2) is 0 Å². The second-order valence-corrected chi connectivity index (χ2v) is 3.67. The van der Waals surface area contributed by atoms with Gasteiger partial charge >= 0.3 is 0 Å². The van der Waals surface area contributed by atoms with Crippen LogP contribution in [-0.4, -0.2) is 16.1 Å². The third-order valence-electron chi connectivity index (χ3n) is 2.54. The van der Waals surface area contributed by atoms with E-state index in [9.17, 15) is 4.39 Å². The molecule has 1 heterocycles. The molecule has 4 heteroatoms. The second-order valence-electron chi connectivity index (χ2n) is 3.67. The Morgan fingerprint density at radius 3 is 3.12 bits per heavy atom. The minimum atomic E-state index is -0.217. The molecule has 3 nitrogen and oxygen atoms in total. The van der Waals surface area contributed by atoms with Crippen LogP contribution in [0.5, 0.6) is 0 Å². The van der Waals surface area contributed by atoms with Crippen molar-refractivity contribution in [2.45, 2.75) is 6.92 Å². The fourth-order valence-electron chi connectivity index (χ4n) is 1.65. The van der Waals surface area contributed by atoms with Crippen LogP contribution < -0.4 is 5.32 Å². The number of nitrogens with one attached hydrogen (secondary N) is 1. The molecule has 0 spiro atoms. The number of hydrogen-bond donors (Lipinski definition) is 1. The molecule has 17 heavy (non-hydrogen) atoms. The first-order valence-corrected chi connectivity index (χ1v) is 5.37. The molecule has 0 aliphatic heterocycles. The number of benzene rings is 1. The van der Waals surface area contributed by atoms with E-state index in [0.717, 1.165) is 5.69 Å². The summed E-state index contributed by atoms with van der Waals surface area (Å²) in [5, 5.41) is 3.10. The van der Waals surface area contributed by atoms with E-state index in [0.29, 0.717) is 18.1 Å². The van der Waals surface area contributed by atoms with Gasteiger partial charge in [-0.3, -0.25) is 4.57 Å². The number of aromatic nitrogens is 2. The van der Waals surface area contributed by atoms with Gasteiger partial charge in [-0.2, -0.15) is 0 Å². The summed E-state index contributed by atoms with van der Waals surface area (Å²) in [5.41, 5.74) is 1.39. The van der Waals surface area contributed by atoms with E-state index in [4.69, 9.17) is 0 Å². The highest BCUT2D eigenvalue weighted by atomic mass is 19.1. The van der Waals surface area contributed by atoms with E-state index in [2.05, 4.69) is 16.9 Å². The summed E-state index contributed by atoms with van der Waals surface area (Å²) in [6.07, 6.45) is 5.22.